The van der Waals surface area contributed by atoms with Crippen molar-refractivity contribution in [2.24, 2.45) is 0 Å². The van der Waals surface area contributed by atoms with Gasteiger partial charge in [0.1, 0.15) is 11.5 Å². The van der Waals surface area contributed by atoms with Crippen molar-refractivity contribution in [3.63, 3.8) is 0 Å². The number of aromatic nitrogens is 5. The summed E-state index contributed by atoms with van der Waals surface area (Å²) < 4.78 is 12.7. The van der Waals surface area contributed by atoms with Crippen LogP contribution in [-0.4, -0.2) is 38.7 Å². The fraction of sp³-hybridized carbons (Fsp3) is 0.200. The molecular formula is C20H20N6O2S. The van der Waals surface area contributed by atoms with E-state index in [1.165, 1.54) is 11.8 Å². The number of nitrogen functional groups attached to an aromatic ring is 1. The molecule has 0 aliphatic carbocycles. The molecule has 9 heteroatoms. The van der Waals surface area contributed by atoms with Gasteiger partial charge in [0.25, 0.3) is 0 Å². The molecule has 0 saturated heterocycles. The number of hydrogen-bond donors (Lipinski definition) is 1. The maximum atomic E-state index is 6.05. The van der Waals surface area contributed by atoms with E-state index in [1.807, 2.05) is 41.0 Å². The van der Waals surface area contributed by atoms with Gasteiger partial charge in [-0.05, 0) is 42.1 Å². The third-order valence-electron chi connectivity index (χ3n) is 4.38. The number of aryl methyl sites for hydroxylation is 2. The van der Waals surface area contributed by atoms with Crippen LogP contribution in [0.5, 0.6) is 11.5 Å². The maximum Gasteiger partial charge on any atom is 0.195 e. The van der Waals surface area contributed by atoms with Crippen LogP contribution < -0.4 is 15.2 Å². The molecule has 148 valence electrons. The predicted octanol–water partition coefficient (Wildman–Crippen LogP) is 3.17. The van der Waals surface area contributed by atoms with E-state index in [2.05, 4.69) is 15.0 Å². The molecule has 0 spiro atoms. The second-order valence-corrected chi connectivity index (χ2v) is 7.20. The monoisotopic (exact) mass is 408 g/mol. The van der Waals surface area contributed by atoms with Crippen LogP contribution in [-0.2, 0) is 13.0 Å². The molecule has 8 nitrogen and oxygen atoms in total. The minimum Gasteiger partial charge on any atom is -0.497 e. The number of ether oxygens (including phenoxy) is 2. The Bertz CT molecular complexity index is 1090. The van der Waals surface area contributed by atoms with Crippen molar-refractivity contribution in [1.82, 2.24) is 24.5 Å². The number of nitrogens with two attached hydrogens (primary N) is 1. The van der Waals surface area contributed by atoms with Crippen molar-refractivity contribution in [3.8, 4) is 23.0 Å². The van der Waals surface area contributed by atoms with Gasteiger partial charge in [-0.15, -0.1) is 0 Å². The van der Waals surface area contributed by atoms with E-state index in [1.54, 1.807) is 26.7 Å². The van der Waals surface area contributed by atoms with E-state index in [4.69, 9.17) is 20.2 Å². The summed E-state index contributed by atoms with van der Waals surface area (Å²) in [5.41, 5.74) is 7.63. The van der Waals surface area contributed by atoms with Crippen LogP contribution in [0.4, 0.5) is 5.82 Å². The molecule has 2 N–H and O–H groups in total. The molecule has 0 bridgehead atoms. The van der Waals surface area contributed by atoms with Crippen LogP contribution in [0.3, 0.4) is 0 Å². The Morgan fingerprint density at radius 2 is 1.97 bits per heavy atom. The van der Waals surface area contributed by atoms with Crippen molar-refractivity contribution in [2.45, 2.75) is 23.0 Å². The maximum absolute atomic E-state index is 6.05. The van der Waals surface area contributed by atoms with E-state index in [-0.39, 0.29) is 0 Å². The molecule has 2 aliphatic rings. The Balaban J connectivity index is 1.63. The first kappa shape index (κ1) is 19.0. The molecule has 4 rings (SSSR count). The summed E-state index contributed by atoms with van der Waals surface area (Å²) in [4.78, 5) is 18.8. The molecule has 0 saturated carbocycles. The molecule has 0 amide bonds. The first-order valence-electron chi connectivity index (χ1n) is 8.96. The van der Waals surface area contributed by atoms with Crippen LogP contribution in [0.2, 0.25) is 0 Å². The zero-order chi connectivity index (χ0) is 20.2. The molecule has 0 atom stereocenters. The molecule has 1 aromatic carbocycles. The SMILES string of the molecule is COc1ccc(OC)c(Sc2nc3c(N)ncn(CCc4ccccn4)c-3n2)c1. The van der Waals surface area contributed by atoms with E-state index >= 15 is 0 Å². The number of hydrogen-bond acceptors (Lipinski definition) is 8. The number of nitrogens with zero attached hydrogens (tertiary/aromatic N) is 5. The van der Waals surface area contributed by atoms with Gasteiger partial charge in [0.15, 0.2) is 22.5 Å². The topological polar surface area (TPSA) is 101 Å². The minimum atomic E-state index is 0.353. The van der Waals surface area contributed by atoms with Crippen molar-refractivity contribution in [3.05, 3.63) is 54.6 Å². The molecule has 2 aromatic rings. The summed E-state index contributed by atoms with van der Waals surface area (Å²) in [6, 6.07) is 11.5. The largest absolute Gasteiger partial charge is 0.497 e. The first-order chi connectivity index (χ1) is 14.2. The van der Waals surface area contributed by atoms with Crippen LogP contribution >= 0.6 is 11.8 Å². The molecule has 0 fully saturated rings. The van der Waals surface area contributed by atoms with Gasteiger partial charge in [0.05, 0.1) is 25.4 Å². The Kier molecular flexibility index (Phi) is 5.48. The van der Waals surface area contributed by atoms with Gasteiger partial charge in [0, 0.05) is 24.9 Å². The Labute approximate surface area is 172 Å². The molecule has 2 aliphatic heterocycles. The average molecular weight is 408 g/mol. The van der Waals surface area contributed by atoms with Crippen molar-refractivity contribution in [1.29, 1.82) is 0 Å². The molecule has 29 heavy (non-hydrogen) atoms. The summed E-state index contributed by atoms with van der Waals surface area (Å²) in [5.74, 6) is 2.50. The van der Waals surface area contributed by atoms with E-state index in [9.17, 15) is 0 Å². The predicted molar refractivity (Wildman–Crippen MR) is 110 cm³/mol. The highest BCUT2D eigenvalue weighted by molar-refractivity contribution is 7.99. The number of fused-ring (bicyclic) bond motifs is 1. The van der Waals surface area contributed by atoms with Gasteiger partial charge in [-0.1, -0.05) is 6.07 Å². The second-order valence-electron chi connectivity index (χ2n) is 6.19. The lowest BCUT2D eigenvalue weighted by Gasteiger charge is -2.10. The highest BCUT2D eigenvalue weighted by atomic mass is 32.2. The van der Waals surface area contributed by atoms with Crippen LogP contribution in [0.25, 0.3) is 11.5 Å². The van der Waals surface area contributed by atoms with E-state index in [0.29, 0.717) is 29.0 Å². The first-order valence-corrected chi connectivity index (χ1v) is 9.77. The van der Waals surface area contributed by atoms with Gasteiger partial charge in [0.2, 0.25) is 0 Å². The lowest BCUT2D eigenvalue weighted by Crippen LogP contribution is -2.10. The summed E-state index contributed by atoms with van der Waals surface area (Å²) in [6.45, 7) is 0.673. The fourth-order valence-electron chi connectivity index (χ4n) is 2.89. The smallest absolute Gasteiger partial charge is 0.195 e. The number of methoxy groups -OCH3 is 2. The molecule has 1 aromatic heterocycles. The Morgan fingerprint density at radius 3 is 2.72 bits per heavy atom. The third kappa shape index (κ3) is 4.09. The number of imidazole rings is 1. The van der Waals surface area contributed by atoms with Crippen molar-refractivity contribution >= 4 is 17.6 Å². The quantitative estimate of drug-likeness (QED) is 0.498. The highest BCUT2D eigenvalue weighted by Gasteiger charge is 2.20. The number of benzene rings is 1. The standard InChI is InChI=1S/C20H20N6O2S/c1-27-14-6-7-15(28-2)16(11-14)29-20-24-17-18(21)23-12-26(19(17)25-20)10-8-13-5-3-4-9-22-13/h3-7,9,11-12H,8,10,21H2,1-2H3. The van der Waals surface area contributed by atoms with E-state index in [0.717, 1.165) is 28.5 Å². The Morgan fingerprint density at radius 1 is 1.07 bits per heavy atom. The van der Waals surface area contributed by atoms with Crippen molar-refractivity contribution < 1.29 is 9.47 Å². The molecule has 3 heterocycles. The second kappa shape index (κ2) is 8.36. The lowest BCUT2D eigenvalue weighted by atomic mass is 10.2. The normalized spacial score (nSPS) is 11.0. The summed E-state index contributed by atoms with van der Waals surface area (Å²) >= 11 is 1.39. The van der Waals surface area contributed by atoms with E-state index < -0.39 is 0 Å². The van der Waals surface area contributed by atoms with Gasteiger partial charge in [-0.2, -0.15) is 0 Å². The zero-order valence-corrected chi connectivity index (χ0v) is 16.9. The van der Waals surface area contributed by atoms with Crippen molar-refractivity contribution in [2.75, 3.05) is 20.0 Å². The zero-order valence-electron chi connectivity index (χ0n) is 16.1. The average Bonchev–Trinajstić information content (AvgIpc) is 3.18. The number of pyridine rings is 1. The number of rotatable bonds is 7. The number of anilines is 1. The van der Waals surface area contributed by atoms with Crippen LogP contribution in [0.15, 0.2) is 59.0 Å². The van der Waals surface area contributed by atoms with Gasteiger partial charge >= 0.3 is 0 Å². The van der Waals surface area contributed by atoms with Gasteiger partial charge in [-0.25, -0.2) is 15.0 Å². The highest BCUT2D eigenvalue weighted by Crippen LogP contribution is 2.38. The molecule has 0 radical (unpaired) electrons. The summed E-state index contributed by atoms with van der Waals surface area (Å²) in [6.07, 6.45) is 4.23. The summed E-state index contributed by atoms with van der Waals surface area (Å²) in [5, 5.41) is 0.567. The minimum absolute atomic E-state index is 0.353. The van der Waals surface area contributed by atoms with Gasteiger partial charge < -0.3 is 19.8 Å². The van der Waals surface area contributed by atoms with Gasteiger partial charge in [-0.3, -0.25) is 4.98 Å². The molecular weight excluding hydrogens is 388 g/mol. The van der Waals surface area contributed by atoms with Crippen LogP contribution in [0.1, 0.15) is 5.69 Å². The third-order valence-corrected chi connectivity index (χ3v) is 5.28. The Hall–Kier alpha value is -3.33. The summed E-state index contributed by atoms with van der Waals surface area (Å²) in [7, 11) is 3.25. The lowest BCUT2D eigenvalue weighted by molar-refractivity contribution is 0.394. The van der Waals surface area contributed by atoms with Crippen LogP contribution in [0, 0.1) is 0 Å². The molecule has 0 unspecified atom stereocenters. The fourth-order valence-corrected chi connectivity index (χ4v) is 3.78.